The molecule has 0 spiro atoms. The number of hydrogen-bond acceptors (Lipinski definition) is 3. The maximum absolute atomic E-state index is 8.81. The van der Waals surface area contributed by atoms with Crippen LogP contribution in [0.25, 0.3) is 5.57 Å². The summed E-state index contributed by atoms with van der Waals surface area (Å²) in [6.45, 7) is 0. The van der Waals surface area contributed by atoms with Gasteiger partial charge in [-0.3, -0.25) is 0 Å². The minimum absolute atomic E-state index is 0.109. The monoisotopic (exact) mass is 203 g/mol. The molecule has 0 amide bonds. The Kier molecular flexibility index (Phi) is 3.12. The summed E-state index contributed by atoms with van der Waals surface area (Å²) in [4.78, 5) is 0. The van der Waals surface area contributed by atoms with Crippen molar-refractivity contribution in [2.75, 3.05) is 0 Å². The molecule has 0 bridgehead atoms. The first-order chi connectivity index (χ1) is 6.70. The highest BCUT2D eigenvalue weighted by Gasteiger charge is 2.08. The molecule has 1 aromatic rings. The Morgan fingerprint density at radius 3 is 2.36 bits per heavy atom. The standard InChI is InChI=1S/C10H6ClN3/c11-9-4-2-1-3-7(9)8(5-12)10(14)6-13/h1-4H,14H2/b10-8+. The molecule has 68 valence electrons. The van der Waals surface area contributed by atoms with Crippen LogP contribution in [0.1, 0.15) is 5.56 Å². The molecule has 0 fully saturated rings. The minimum atomic E-state index is -0.124. The van der Waals surface area contributed by atoms with Gasteiger partial charge in [-0.25, -0.2) is 0 Å². The van der Waals surface area contributed by atoms with Gasteiger partial charge in [-0.2, -0.15) is 10.5 Å². The van der Waals surface area contributed by atoms with Gasteiger partial charge < -0.3 is 5.73 Å². The Labute approximate surface area is 86.6 Å². The third-order valence-electron chi connectivity index (χ3n) is 1.64. The van der Waals surface area contributed by atoms with Crippen molar-refractivity contribution in [1.29, 1.82) is 10.5 Å². The summed E-state index contributed by atoms with van der Waals surface area (Å²) in [5.41, 5.74) is 5.83. The number of halogens is 1. The molecule has 1 rings (SSSR count). The summed E-state index contributed by atoms with van der Waals surface area (Å²) in [6, 6.07) is 10.3. The summed E-state index contributed by atoms with van der Waals surface area (Å²) in [5.74, 6) is 0. The van der Waals surface area contributed by atoms with Gasteiger partial charge in [0, 0.05) is 10.6 Å². The zero-order valence-corrected chi connectivity index (χ0v) is 7.92. The Morgan fingerprint density at radius 1 is 1.21 bits per heavy atom. The van der Waals surface area contributed by atoms with Crippen molar-refractivity contribution in [3.63, 3.8) is 0 Å². The number of rotatable bonds is 1. The van der Waals surface area contributed by atoms with Crippen LogP contribution in [0.2, 0.25) is 5.02 Å². The second-order valence-electron chi connectivity index (χ2n) is 2.49. The van der Waals surface area contributed by atoms with E-state index < -0.39 is 0 Å². The van der Waals surface area contributed by atoms with Gasteiger partial charge in [-0.05, 0) is 6.07 Å². The lowest BCUT2D eigenvalue weighted by atomic mass is 10.1. The molecule has 2 N–H and O–H groups in total. The average molecular weight is 204 g/mol. The first-order valence-electron chi connectivity index (χ1n) is 3.75. The van der Waals surface area contributed by atoms with Gasteiger partial charge in [-0.15, -0.1) is 0 Å². The maximum atomic E-state index is 8.81. The SMILES string of the molecule is N#C/C(N)=C(/C#N)c1ccccc1Cl. The van der Waals surface area contributed by atoms with Crippen molar-refractivity contribution in [2.45, 2.75) is 0 Å². The van der Waals surface area contributed by atoms with E-state index in [4.69, 9.17) is 27.9 Å². The van der Waals surface area contributed by atoms with Gasteiger partial charge in [0.05, 0.1) is 5.57 Å². The van der Waals surface area contributed by atoms with Gasteiger partial charge in [0.1, 0.15) is 17.8 Å². The Morgan fingerprint density at radius 2 is 1.86 bits per heavy atom. The van der Waals surface area contributed by atoms with Crippen LogP contribution in [-0.4, -0.2) is 0 Å². The first-order valence-corrected chi connectivity index (χ1v) is 4.13. The lowest BCUT2D eigenvalue weighted by Gasteiger charge is -2.01. The lowest BCUT2D eigenvalue weighted by Crippen LogP contribution is -1.98. The van der Waals surface area contributed by atoms with Crippen molar-refractivity contribution in [3.8, 4) is 12.1 Å². The average Bonchev–Trinajstić information content (AvgIpc) is 2.21. The molecule has 0 aliphatic carbocycles. The maximum Gasteiger partial charge on any atom is 0.129 e. The molecule has 0 saturated carbocycles. The van der Waals surface area contributed by atoms with E-state index >= 15 is 0 Å². The molecule has 0 saturated heterocycles. The molecule has 14 heavy (non-hydrogen) atoms. The molecule has 0 aliphatic rings. The van der Waals surface area contributed by atoms with E-state index in [0.29, 0.717) is 10.6 Å². The molecule has 3 nitrogen and oxygen atoms in total. The highest BCUT2D eigenvalue weighted by molar-refractivity contribution is 6.32. The summed E-state index contributed by atoms with van der Waals surface area (Å²) >= 11 is 5.85. The topological polar surface area (TPSA) is 73.6 Å². The minimum Gasteiger partial charge on any atom is -0.389 e. The fraction of sp³-hybridized carbons (Fsp3) is 0. The van der Waals surface area contributed by atoms with Gasteiger partial charge in [0.25, 0.3) is 0 Å². The Bertz CT molecular complexity index is 463. The number of nitriles is 2. The summed E-state index contributed by atoms with van der Waals surface area (Å²) < 4.78 is 0. The second kappa shape index (κ2) is 4.32. The smallest absolute Gasteiger partial charge is 0.129 e. The number of benzene rings is 1. The van der Waals surface area contributed by atoms with Crippen molar-refractivity contribution in [2.24, 2.45) is 5.73 Å². The van der Waals surface area contributed by atoms with E-state index in [1.54, 1.807) is 30.3 Å². The van der Waals surface area contributed by atoms with Crippen molar-refractivity contribution >= 4 is 17.2 Å². The largest absolute Gasteiger partial charge is 0.389 e. The van der Waals surface area contributed by atoms with Gasteiger partial charge in [-0.1, -0.05) is 29.8 Å². The molecule has 1 aromatic carbocycles. The number of nitrogens with two attached hydrogens (primary N) is 1. The molecule has 0 aromatic heterocycles. The van der Waals surface area contributed by atoms with Crippen molar-refractivity contribution < 1.29 is 0 Å². The van der Waals surface area contributed by atoms with Gasteiger partial charge in [0.15, 0.2) is 0 Å². The fourth-order valence-electron chi connectivity index (χ4n) is 0.985. The highest BCUT2D eigenvalue weighted by Crippen LogP contribution is 2.23. The van der Waals surface area contributed by atoms with E-state index in [2.05, 4.69) is 0 Å². The molecular formula is C10H6ClN3. The van der Waals surface area contributed by atoms with Crippen molar-refractivity contribution in [1.82, 2.24) is 0 Å². The van der Waals surface area contributed by atoms with E-state index in [9.17, 15) is 0 Å². The number of hydrogen-bond donors (Lipinski definition) is 1. The normalized spacial score (nSPS) is 11.1. The van der Waals surface area contributed by atoms with Crippen LogP contribution in [0.15, 0.2) is 30.0 Å². The summed E-state index contributed by atoms with van der Waals surface area (Å²) in [5, 5.41) is 17.8. The van der Waals surface area contributed by atoms with Crippen LogP contribution < -0.4 is 5.73 Å². The first kappa shape index (κ1) is 10.1. The molecule has 0 atom stereocenters. The second-order valence-corrected chi connectivity index (χ2v) is 2.90. The third kappa shape index (κ3) is 1.85. The third-order valence-corrected chi connectivity index (χ3v) is 1.97. The highest BCUT2D eigenvalue weighted by atomic mass is 35.5. The summed E-state index contributed by atoms with van der Waals surface area (Å²) in [7, 11) is 0. The predicted molar refractivity (Wildman–Crippen MR) is 53.8 cm³/mol. The van der Waals surface area contributed by atoms with Crippen LogP contribution in [0.5, 0.6) is 0 Å². The Hall–Kier alpha value is -1.97. The summed E-state index contributed by atoms with van der Waals surface area (Å²) in [6.07, 6.45) is 0. The molecule has 0 unspecified atom stereocenters. The zero-order valence-electron chi connectivity index (χ0n) is 7.16. The quantitative estimate of drug-likeness (QED) is 0.710. The van der Waals surface area contributed by atoms with Crippen LogP contribution in [0.3, 0.4) is 0 Å². The van der Waals surface area contributed by atoms with E-state index in [0.717, 1.165) is 0 Å². The van der Waals surface area contributed by atoms with E-state index in [1.165, 1.54) is 0 Å². The number of nitrogens with zero attached hydrogens (tertiary/aromatic N) is 2. The van der Waals surface area contributed by atoms with E-state index in [1.807, 2.05) is 6.07 Å². The fourth-order valence-corrected chi connectivity index (χ4v) is 1.22. The van der Waals surface area contributed by atoms with Crippen LogP contribution in [0.4, 0.5) is 0 Å². The molecule has 0 heterocycles. The zero-order chi connectivity index (χ0) is 10.6. The molecule has 0 aliphatic heterocycles. The molecule has 4 heteroatoms. The Balaban J connectivity index is 3.39. The van der Waals surface area contributed by atoms with Gasteiger partial charge in [0.2, 0.25) is 0 Å². The van der Waals surface area contributed by atoms with E-state index in [-0.39, 0.29) is 11.3 Å². The van der Waals surface area contributed by atoms with Crippen LogP contribution in [-0.2, 0) is 0 Å². The molecule has 0 radical (unpaired) electrons. The van der Waals surface area contributed by atoms with Gasteiger partial charge >= 0.3 is 0 Å². The predicted octanol–water partition coefficient (Wildman–Crippen LogP) is 2.06. The lowest BCUT2D eigenvalue weighted by molar-refractivity contribution is 1.38. The van der Waals surface area contributed by atoms with Crippen LogP contribution >= 0.6 is 11.6 Å². The van der Waals surface area contributed by atoms with Crippen LogP contribution in [0, 0.1) is 22.7 Å². The number of allylic oxidation sites excluding steroid dienone is 2. The van der Waals surface area contributed by atoms with Crippen molar-refractivity contribution in [3.05, 3.63) is 40.5 Å². The molecular weight excluding hydrogens is 198 g/mol.